The minimum atomic E-state index is -0.131. The molecule has 0 spiro atoms. The van der Waals surface area contributed by atoms with Gasteiger partial charge in [0.25, 0.3) is 5.22 Å². The van der Waals surface area contributed by atoms with Gasteiger partial charge < -0.3 is 9.73 Å². The molecule has 3 aromatic carbocycles. The summed E-state index contributed by atoms with van der Waals surface area (Å²) in [6.45, 7) is 2.08. The maximum Gasteiger partial charge on any atom is 0.257 e. The van der Waals surface area contributed by atoms with Gasteiger partial charge in [0.05, 0.1) is 16.0 Å². The second-order valence-electron chi connectivity index (χ2n) is 7.00. The van der Waals surface area contributed by atoms with Gasteiger partial charge in [-0.1, -0.05) is 29.4 Å². The molecule has 8 heteroatoms. The number of anilines is 1. The summed E-state index contributed by atoms with van der Waals surface area (Å²) >= 11 is 8.87. The number of hydrogen-bond donors (Lipinski definition) is 1. The van der Waals surface area contributed by atoms with Gasteiger partial charge in [0.1, 0.15) is 10.5 Å². The third kappa shape index (κ3) is 4.44. The van der Waals surface area contributed by atoms with E-state index in [1.54, 1.807) is 29.5 Å². The molecule has 154 valence electrons. The van der Waals surface area contributed by atoms with Crippen LogP contribution in [-0.4, -0.2) is 21.6 Å². The molecule has 2 heterocycles. The highest BCUT2D eigenvalue weighted by Crippen LogP contribution is 2.31. The molecule has 0 saturated carbocycles. The number of nitrogens with zero attached hydrogens (tertiary/aromatic N) is 2. The molecular formula is C23H16ClN3O2S2. The Morgan fingerprint density at radius 1 is 1.06 bits per heavy atom. The van der Waals surface area contributed by atoms with Crippen molar-refractivity contribution in [1.29, 1.82) is 0 Å². The molecule has 2 aromatic heterocycles. The number of thiazole rings is 1. The normalized spacial score (nSPS) is 11.3. The molecule has 5 rings (SSSR count). The fourth-order valence-corrected chi connectivity index (χ4v) is 4.99. The van der Waals surface area contributed by atoms with Gasteiger partial charge >= 0.3 is 0 Å². The quantitative estimate of drug-likeness (QED) is 0.289. The van der Waals surface area contributed by atoms with Crippen LogP contribution < -0.4 is 5.32 Å². The van der Waals surface area contributed by atoms with E-state index >= 15 is 0 Å². The highest BCUT2D eigenvalue weighted by Gasteiger charge is 2.11. The molecule has 0 radical (unpaired) electrons. The maximum absolute atomic E-state index is 12.3. The van der Waals surface area contributed by atoms with E-state index in [0.717, 1.165) is 21.8 Å². The van der Waals surface area contributed by atoms with E-state index in [1.807, 2.05) is 30.3 Å². The van der Waals surface area contributed by atoms with Gasteiger partial charge in [-0.25, -0.2) is 9.97 Å². The van der Waals surface area contributed by atoms with Crippen LogP contribution in [-0.2, 0) is 4.79 Å². The summed E-state index contributed by atoms with van der Waals surface area (Å²) in [5.74, 6) is 0.0630. The van der Waals surface area contributed by atoms with Crippen LogP contribution in [0.3, 0.4) is 0 Å². The van der Waals surface area contributed by atoms with Crippen LogP contribution in [0, 0.1) is 6.92 Å². The number of carbonyl (C=O) groups excluding carboxylic acids is 1. The number of aryl methyl sites for hydroxylation is 1. The molecule has 0 atom stereocenters. The van der Waals surface area contributed by atoms with Crippen molar-refractivity contribution < 1.29 is 9.21 Å². The Kier molecular flexibility index (Phi) is 5.40. The standard InChI is InChI=1S/C23H16ClN3O2S2/c1-13-2-8-17-20(10-13)31-22(26-17)14-3-6-16(7-4-14)25-21(28)12-30-23-27-18-11-15(24)5-9-19(18)29-23/h2-11H,12H2,1H3,(H,25,28). The third-order valence-corrected chi connectivity index (χ3v) is 6.75. The summed E-state index contributed by atoms with van der Waals surface area (Å²) < 4.78 is 6.80. The zero-order chi connectivity index (χ0) is 21.4. The first kappa shape index (κ1) is 20.1. The maximum atomic E-state index is 12.3. The third-order valence-electron chi connectivity index (χ3n) is 4.62. The predicted octanol–water partition coefficient (Wildman–Crippen LogP) is 6.80. The lowest BCUT2D eigenvalue weighted by atomic mass is 10.2. The number of fused-ring (bicyclic) bond motifs is 2. The zero-order valence-corrected chi connectivity index (χ0v) is 18.8. The van der Waals surface area contributed by atoms with E-state index in [1.165, 1.54) is 22.0 Å². The number of aromatic nitrogens is 2. The lowest BCUT2D eigenvalue weighted by Gasteiger charge is -2.05. The van der Waals surface area contributed by atoms with Gasteiger partial charge in [-0.15, -0.1) is 11.3 Å². The van der Waals surface area contributed by atoms with Crippen molar-refractivity contribution in [3.63, 3.8) is 0 Å². The van der Waals surface area contributed by atoms with Crippen LogP contribution in [0.15, 0.2) is 70.3 Å². The lowest BCUT2D eigenvalue weighted by Crippen LogP contribution is -2.13. The van der Waals surface area contributed by atoms with E-state index in [-0.39, 0.29) is 11.7 Å². The smallest absolute Gasteiger partial charge is 0.257 e. The van der Waals surface area contributed by atoms with Gasteiger partial charge in [0, 0.05) is 16.3 Å². The predicted molar refractivity (Wildman–Crippen MR) is 128 cm³/mol. The SMILES string of the molecule is Cc1ccc2nc(-c3ccc(NC(=O)CSc4nc5cc(Cl)ccc5o4)cc3)sc2c1. The summed E-state index contributed by atoms with van der Waals surface area (Å²) in [4.78, 5) is 21.4. The van der Waals surface area contributed by atoms with Crippen LogP contribution in [0.1, 0.15) is 5.56 Å². The number of halogens is 1. The van der Waals surface area contributed by atoms with Gasteiger partial charge in [0.15, 0.2) is 5.58 Å². The Bertz CT molecular complexity index is 1410. The first-order chi connectivity index (χ1) is 15.0. The highest BCUT2D eigenvalue weighted by molar-refractivity contribution is 7.99. The Morgan fingerprint density at radius 3 is 2.74 bits per heavy atom. The van der Waals surface area contributed by atoms with Crippen molar-refractivity contribution in [3.8, 4) is 10.6 Å². The Hall–Kier alpha value is -2.87. The van der Waals surface area contributed by atoms with Gasteiger partial charge in [0.2, 0.25) is 5.91 Å². The number of carbonyl (C=O) groups is 1. The van der Waals surface area contributed by atoms with Crippen molar-refractivity contribution in [2.24, 2.45) is 0 Å². The summed E-state index contributed by atoms with van der Waals surface area (Å²) in [5, 5.41) is 4.90. The molecule has 0 aliphatic rings. The number of amides is 1. The first-order valence-corrected chi connectivity index (χ1v) is 11.7. The van der Waals surface area contributed by atoms with Crippen molar-refractivity contribution in [2.75, 3.05) is 11.1 Å². The number of thioether (sulfide) groups is 1. The summed E-state index contributed by atoms with van der Waals surface area (Å²) in [7, 11) is 0. The summed E-state index contributed by atoms with van der Waals surface area (Å²) in [5.41, 5.74) is 5.30. The zero-order valence-electron chi connectivity index (χ0n) is 16.4. The van der Waals surface area contributed by atoms with Gasteiger partial charge in [-0.3, -0.25) is 4.79 Å². The van der Waals surface area contributed by atoms with E-state index < -0.39 is 0 Å². The fraction of sp³-hybridized carbons (Fsp3) is 0.0870. The summed E-state index contributed by atoms with van der Waals surface area (Å²) in [6, 6.07) is 19.2. The lowest BCUT2D eigenvalue weighted by molar-refractivity contribution is -0.113. The second-order valence-corrected chi connectivity index (χ2v) is 9.39. The molecule has 0 saturated heterocycles. The second kappa shape index (κ2) is 8.34. The van der Waals surface area contributed by atoms with E-state index in [9.17, 15) is 4.79 Å². The van der Waals surface area contributed by atoms with Crippen LogP contribution in [0.4, 0.5) is 5.69 Å². The Morgan fingerprint density at radius 2 is 1.90 bits per heavy atom. The molecule has 31 heavy (non-hydrogen) atoms. The molecule has 0 aliphatic heterocycles. The van der Waals surface area contributed by atoms with Crippen molar-refractivity contribution >= 4 is 67.6 Å². The molecule has 0 fully saturated rings. The molecule has 1 amide bonds. The van der Waals surface area contributed by atoms with Crippen molar-refractivity contribution in [3.05, 3.63) is 71.2 Å². The Balaban J connectivity index is 1.22. The highest BCUT2D eigenvalue weighted by atomic mass is 35.5. The van der Waals surface area contributed by atoms with E-state index in [2.05, 4.69) is 29.4 Å². The van der Waals surface area contributed by atoms with Gasteiger partial charge in [-0.2, -0.15) is 0 Å². The molecular weight excluding hydrogens is 450 g/mol. The summed E-state index contributed by atoms with van der Waals surface area (Å²) in [6.07, 6.45) is 0. The number of nitrogens with one attached hydrogen (secondary N) is 1. The minimum Gasteiger partial charge on any atom is -0.431 e. The average Bonchev–Trinajstić information content (AvgIpc) is 3.35. The molecule has 0 aliphatic carbocycles. The van der Waals surface area contributed by atoms with Crippen LogP contribution in [0.2, 0.25) is 5.02 Å². The molecule has 5 nitrogen and oxygen atoms in total. The van der Waals surface area contributed by atoms with Crippen molar-refractivity contribution in [1.82, 2.24) is 9.97 Å². The fourth-order valence-electron chi connectivity index (χ4n) is 3.12. The van der Waals surface area contributed by atoms with E-state index in [4.69, 9.17) is 21.0 Å². The van der Waals surface area contributed by atoms with Crippen LogP contribution in [0.25, 0.3) is 31.9 Å². The largest absolute Gasteiger partial charge is 0.431 e. The number of oxazole rings is 1. The minimum absolute atomic E-state index is 0.131. The van der Waals surface area contributed by atoms with Crippen LogP contribution in [0.5, 0.6) is 0 Å². The number of hydrogen-bond acceptors (Lipinski definition) is 6. The topological polar surface area (TPSA) is 68.0 Å². The average molecular weight is 466 g/mol. The molecule has 0 unspecified atom stereocenters. The van der Waals surface area contributed by atoms with Gasteiger partial charge in [-0.05, 0) is 67.1 Å². The molecule has 0 bridgehead atoms. The van der Waals surface area contributed by atoms with Crippen molar-refractivity contribution in [2.45, 2.75) is 12.1 Å². The monoisotopic (exact) mass is 465 g/mol. The molecule has 5 aromatic rings. The number of rotatable bonds is 5. The Labute approximate surface area is 191 Å². The number of benzene rings is 3. The van der Waals surface area contributed by atoms with Crippen LogP contribution >= 0.6 is 34.7 Å². The first-order valence-electron chi connectivity index (χ1n) is 9.50. The van der Waals surface area contributed by atoms with E-state index in [0.29, 0.717) is 21.3 Å². The molecule has 1 N–H and O–H groups in total.